The Morgan fingerprint density at radius 1 is 1.25 bits per heavy atom. The first-order valence-electron chi connectivity index (χ1n) is 4.46. The number of hydrogen-bond acceptors (Lipinski definition) is 3. The number of urea groups is 1. The average Bonchev–Trinajstić information content (AvgIpc) is 2.43. The van der Waals surface area contributed by atoms with Crippen LogP contribution in [0.3, 0.4) is 0 Å². The van der Waals surface area contributed by atoms with Crippen molar-refractivity contribution < 1.29 is 18.8 Å². The molecular weight excluding hydrogens is 215 g/mol. The molecule has 0 atom stereocenters. The van der Waals surface area contributed by atoms with Gasteiger partial charge in [-0.3, -0.25) is 14.9 Å². The highest BCUT2D eigenvalue weighted by atomic mass is 19.1. The van der Waals surface area contributed by atoms with Crippen LogP contribution in [0.25, 0.3) is 0 Å². The summed E-state index contributed by atoms with van der Waals surface area (Å²) >= 11 is 0. The van der Waals surface area contributed by atoms with Gasteiger partial charge in [-0.25, -0.2) is 14.1 Å². The number of anilines is 1. The van der Waals surface area contributed by atoms with Crippen molar-refractivity contribution in [1.82, 2.24) is 5.32 Å². The Kier molecular flexibility index (Phi) is 2.19. The predicted molar refractivity (Wildman–Crippen MR) is 52.2 cm³/mol. The first-order chi connectivity index (χ1) is 7.50. The lowest BCUT2D eigenvalue weighted by Gasteiger charge is -2.13. The summed E-state index contributed by atoms with van der Waals surface area (Å²) in [5.74, 6) is -2.41. The van der Waals surface area contributed by atoms with Crippen molar-refractivity contribution in [1.29, 1.82) is 0 Å². The van der Waals surface area contributed by atoms with E-state index in [9.17, 15) is 18.8 Å². The van der Waals surface area contributed by atoms with Crippen LogP contribution in [0.2, 0.25) is 0 Å². The van der Waals surface area contributed by atoms with E-state index >= 15 is 0 Å². The van der Waals surface area contributed by atoms with E-state index in [1.54, 1.807) is 6.92 Å². The standard InChI is InChI=1S/C10H7FN2O3/c1-5-4-6(11)2-3-7(5)13-9(15)8(14)12-10(13)16/h2-4H,1H3,(H,12,14,16). The van der Waals surface area contributed by atoms with Gasteiger partial charge in [-0.05, 0) is 30.7 Å². The van der Waals surface area contributed by atoms with E-state index in [4.69, 9.17) is 0 Å². The maximum absolute atomic E-state index is 12.8. The molecule has 0 spiro atoms. The Morgan fingerprint density at radius 2 is 1.94 bits per heavy atom. The van der Waals surface area contributed by atoms with Crippen LogP contribution >= 0.6 is 0 Å². The number of hydrogen-bond donors (Lipinski definition) is 1. The number of amides is 4. The number of aryl methyl sites for hydroxylation is 1. The smallest absolute Gasteiger partial charge is 0.269 e. The summed E-state index contributed by atoms with van der Waals surface area (Å²) in [6.45, 7) is 1.54. The highest BCUT2D eigenvalue weighted by Crippen LogP contribution is 2.22. The zero-order chi connectivity index (χ0) is 11.9. The molecule has 1 aromatic carbocycles. The van der Waals surface area contributed by atoms with E-state index in [1.807, 2.05) is 5.32 Å². The van der Waals surface area contributed by atoms with Crippen molar-refractivity contribution in [2.24, 2.45) is 0 Å². The molecule has 2 rings (SSSR count). The molecule has 0 unspecified atom stereocenters. The summed E-state index contributed by atoms with van der Waals surface area (Å²) < 4.78 is 12.8. The van der Waals surface area contributed by atoms with Crippen LogP contribution in [-0.4, -0.2) is 17.8 Å². The van der Waals surface area contributed by atoms with Crippen LogP contribution < -0.4 is 10.2 Å². The van der Waals surface area contributed by atoms with Gasteiger partial charge in [-0.1, -0.05) is 0 Å². The summed E-state index contributed by atoms with van der Waals surface area (Å²) in [7, 11) is 0. The fourth-order valence-corrected chi connectivity index (χ4v) is 1.49. The summed E-state index contributed by atoms with van der Waals surface area (Å²) in [6, 6.07) is 2.76. The molecular formula is C10H7FN2O3. The third-order valence-electron chi connectivity index (χ3n) is 2.22. The lowest BCUT2D eigenvalue weighted by atomic mass is 10.2. The fourth-order valence-electron chi connectivity index (χ4n) is 1.49. The largest absolute Gasteiger partial charge is 0.336 e. The number of rotatable bonds is 1. The quantitative estimate of drug-likeness (QED) is 0.562. The van der Waals surface area contributed by atoms with Crippen molar-refractivity contribution in [3.05, 3.63) is 29.6 Å². The Balaban J connectivity index is 2.48. The number of halogens is 1. The predicted octanol–water partition coefficient (Wildman–Crippen LogP) is 0.717. The number of nitrogens with one attached hydrogen (secondary N) is 1. The Labute approximate surface area is 89.8 Å². The van der Waals surface area contributed by atoms with E-state index in [1.165, 1.54) is 12.1 Å². The molecule has 1 fully saturated rings. The van der Waals surface area contributed by atoms with Gasteiger partial charge in [0.15, 0.2) is 0 Å². The topological polar surface area (TPSA) is 66.5 Å². The van der Waals surface area contributed by atoms with E-state index in [0.29, 0.717) is 10.5 Å². The Hall–Kier alpha value is -2.24. The SMILES string of the molecule is Cc1cc(F)ccc1N1C(=O)NC(=O)C1=O. The van der Waals surface area contributed by atoms with Crippen molar-refractivity contribution >= 4 is 23.5 Å². The molecule has 4 amide bonds. The summed E-state index contributed by atoms with van der Waals surface area (Å²) in [6.07, 6.45) is 0. The first kappa shape index (κ1) is 10.3. The van der Waals surface area contributed by atoms with Gasteiger partial charge in [0.25, 0.3) is 0 Å². The Morgan fingerprint density at radius 3 is 2.44 bits per heavy atom. The minimum Gasteiger partial charge on any atom is -0.269 e. The third kappa shape index (κ3) is 1.44. The number of benzene rings is 1. The van der Waals surface area contributed by atoms with Gasteiger partial charge in [0, 0.05) is 0 Å². The summed E-state index contributed by atoms with van der Waals surface area (Å²) in [5.41, 5.74) is 0.605. The zero-order valence-corrected chi connectivity index (χ0v) is 8.28. The van der Waals surface area contributed by atoms with Gasteiger partial charge in [0.1, 0.15) is 5.82 Å². The van der Waals surface area contributed by atoms with Crippen LogP contribution in [0.1, 0.15) is 5.56 Å². The molecule has 1 heterocycles. The van der Waals surface area contributed by atoms with Crippen LogP contribution in [0, 0.1) is 12.7 Å². The molecule has 0 bridgehead atoms. The Bertz CT molecular complexity index is 513. The maximum atomic E-state index is 12.8. The molecule has 6 heteroatoms. The minimum absolute atomic E-state index is 0.203. The van der Waals surface area contributed by atoms with Crippen LogP contribution in [0.4, 0.5) is 14.9 Å². The average molecular weight is 222 g/mol. The van der Waals surface area contributed by atoms with E-state index < -0.39 is 23.7 Å². The molecule has 16 heavy (non-hydrogen) atoms. The second kappa shape index (κ2) is 3.41. The molecule has 0 aromatic heterocycles. The highest BCUT2D eigenvalue weighted by Gasteiger charge is 2.38. The number of nitrogens with zero attached hydrogens (tertiary/aromatic N) is 1. The molecule has 1 aromatic rings. The van der Waals surface area contributed by atoms with Crippen molar-refractivity contribution in [3.63, 3.8) is 0 Å². The molecule has 1 N–H and O–H groups in total. The lowest BCUT2D eigenvalue weighted by Crippen LogP contribution is -2.31. The normalized spacial score (nSPS) is 15.6. The molecule has 5 nitrogen and oxygen atoms in total. The maximum Gasteiger partial charge on any atom is 0.336 e. The van der Waals surface area contributed by atoms with E-state index in [2.05, 4.69) is 0 Å². The van der Waals surface area contributed by atoms with Gasteiger partial charge >= 0.3 is 17.8 Å². The molecule has 82 valence electrons. The van der Waals surface area contributed by atoms with Crippen LogP contribution in [0.5, 0.6) is 0 Å². The number of carbonyl (C=O) groups is 3. The lowest BCUT2D eigenvalue weighted by molar-refractivity contribution is -0.134. The summed E-state index contributed by atoms with van der Waals surface area (Å²) in [4.78, 5) is 34.3. The fraction of sp³-hybridized carbons (Fsp3) is 0.100. The third-order valence-corrected chi connectivity index (χ3v) is 2.22. The second-order valence-electron chi connectivity index (χ2n) is 3.33. The molecule has 1 aliphatic heterocycles. The van der Waals surface area contributed by atoms with Crippen molar-refractivity contribution in [2.75, 3.05) is 4.90 Å². The van der Waals surface area contributed by atoms with Crippen LogP contribution in [0.15, 0.2) is 18.2 Å². The first-order valence-corrected chi connectivity index (χ1v) is 4.46. The van der Waals surface area contributed by atoms with Gasteiger partial charge in [-0.2, -0.15) is 0 Å². The van der Waals surface area contributed by atoms with Crippen molar-refractivity contribution in [3.8, 4) is 0 Å². The molecule has 0 radical (unpaired) electrons. The van der Waals surface area contributed by atoms with Crippen LogP contribution in [-0.2, 0) is 9.59 Å². The number of carbonyl (C=O) groups excluding carboxylic acids is 3. The molecule has 0 aliphatic carbocycles. The number of imide groups is 2. The highest BCUT2D eigenvalue weighted by molar-refractivity contribution is 6.53. The monoisotopic (exact) mass is 222 g/mol. The zero-order valence-electron chi connectivity index (χ0n) is 8.28. The molecule has 1 aliphatic rings. The molecule has 1 saturated heterocycles. The van der Waals surface area contributed by atoms with E-state index in [-0.39, 0.29) is 5.69 Å². The minimum atomic E-state index is -0.978. The summed E-state index contributed by atoms with van der Waals surface area (Å²) in [5, 5.41) is 1.86. The van der Waals surface area contributed by atoms with Crippen molar-refractivity contribution in [2.45, 2.75) is 6.92 Å². The van der Waals surface area contributed by atoms with E-state index in [0.717, 1.165) is 6.07 Å². The molecule has 0 saturated carbocycles. The van der Waals surface area contributed by atoms with Gasteiger partial charge in [-0.15, -0.1) is 0 Å². The van der Waals surface area contributed by atoms with Gasteiger partial charge < -0.3 is 0 Å². The second-order valence-corrected chi connectivity index (χ2v) is 3.33. The van der Waals surface area contributed by atoms with Gasteiger partial charge in [0.2, 0.25) is 0 Å². The van der Waals surface area contributed by atoms with Gasteiger partial charge in [0.05, 0.1) is 5.69 Å².